The first kappa shape index (κ1) is 24.0. The number of hydrogen-bond acceptors (Lipinski definition) is 3. The van der Waals surface area contributed by atoms with Crippen LogP contribution in [0.3, 0.4) is 0 Å². The second-order valence-electron chi connectivity index (χ2n) is 8.02. The molecule has 0 aromatic heterocycles. The van der Waals surface area contributed by atoms with Crippen molar-refractivity contribution in [2.45, 2.75) is 46.9 Å². The van der Waals surface area contributed by atoms with Crippen LogP contribution in [0.15, 0.2) is 42.5 Å². The summed E-state index contributed by atoms with van der Waals surface area (Å²) in [7, 11) is -2.27. The summed E-state index contributed by atoms with van der Waals surface area (Å²) in [5, 5.41) is 2.99. The van der Waals surface area contributed by atoms with E-state index >= 15 is 0 Å². The van der Waals surface area contributed by atoms with Crippen LogP contribution in [0.4, 0.5) is 10.1 Å². The van der Waals surface area contributed by atoms with Crippen LogP contribution >= 0.6 is 7.26 Å². The van der Waals surface area contributed by atoms with Crippen molar-refractivity contribution in [3.63, 3.8) is 0 Å². The molecule has 4 nitrogen and oxygen atoms in total. The van der Waals surface area contributed by atoms with Crippen molar-refractivity contribution in [3.8, 4) is 0 Å². The molecule has 0 fully saturated rings. The molecular formula is C24H33FNO3P. The van der Waals surface area contributed by atoms with E-state index in [-0.39, 0.29) is 30.0 Å². The van der Waals surface area contributed by atoms with E-state index in [9.17, 15) is 14.0 Å². The van der Waals surface area contributed by atoms with Crippen LogP contribution in [0.1, 0.15) is 37.5 Å². The molecule has 0 saturated heterocycles. The third kappa shape index (κ3) is 5.89. The van der Waals surface area contributed by atoms with Crippen molar-refractivity contribution in [1.82, 2.24) is 0 Å². The Labute approximate surface area is 179 Å². The van der Waals surface area contributed by atoms with Gasteiger partial charge in [0.2, 0.25) is 0 Å². The Balaban J connectivity index is 2.10. The van der Waals surface area contributed by atoms with Gasteiger partial charge in [-0.2, -0.15) is 0 Å². The third-order valence-corrected chi connectivity index (χ3v) is 12.1. The zero-order chi connectivity index (χ0) is 22.3. The third-order valence-electron chi connectivity index (χ3n) is 6.20. The molecule has 30 heavy (non-hydrogen) atoms. The molecule has 1 amide bonds. The fourth-order valence-corrected chi connectivity index (χ4v) is 7.80. The minimum atomic E-state index is -2.27. The number of carbonyl (C=O) groups is 2. The molecule has 2 rings (SSSR count). The predicted molar refractivity (Wildman–Crippen MR) is 124 cm³/mol. The van der Waals surface area contributed by atoms with Gasteiger partial charge in [-0.3, -0.25) is 0 Å². The molecule has 0 aliphatic carbocycles. The first-order valence-corrected chi connectivity index (χ1v) is 13.2. The summed E-state index contributed by atoms with van der Waals surface area (Å²) in [6.07, 6.45) is 1.92. The summed E-state index contributed by atoms with van der Waals surface area (Å²) in [5.74, 6) is -0.676. The number of halogens is 1. The van der Waals surface area contributed by atoms with Gasteiger partial charge in [0.05, 0.1) is 0 Å². The molecule has 0 radical (unpaired) electrons. The summed E-state index contributed by atoms with van der Waals surface area (Å²) in [5.41, 5.74) is 2.70. The molecule has 0 saturated carbocycles. The van der Waals surface area contributed by atoms with E-state index in [1.54, 1.807) is 13.8 Å². The van der Waals surface area contributed by atoms with Gasteiger partial charge in [-0.15, -0.1) is 0 Å². The minimum absolute atomic E-state index is 0.112. The molecule has 0 bridgehead atoms. The molecule has 1 atom stereocenters. The molecule has 0 spiro atoms. The van der Waals surface area contributed by atoms with Crippen molar-refractivity contribution in [2.24, 2.45) is 0 Å². The van der Waals surface area contributed by atoms with E-state index in [0.717, 1.165) is 17.9 Å². The monoisotopic (exact) mass is 433 g/mol. The molecular weight excluding hydrogens is 400 g/mol. The van der Waals surface area contributed by atoms with Gasteiger partial charge < -0.3 is 0 Å². The zero-order valence-corrected chi connectivity index (χ0v) is 19.5. The molecule has 0 heterocycles. The maximum atomic E-state index is 13.6. The normalized spacial score (nSPS) is 12.9. The Hall–Kier alpha value is -2.26. The average molecular weight is 434 g/mol. The van der Waals surface area contributed by atoms with Crippen LogP contribution in [-0.2, 0) is 20.9 Å². The van der Waals surface area contributed by atoms with Crippen LogP contribution < -0.4 is 5.32 Å². The Kier molecular flexibility index (Phi) is 8.54. The summed E-state index contributed by atoms with van der Waals surface area (Å²) in [6, 6.07) is 12.4. The topological polar surface area (TPSA) is 55.4 Å². The van der Waals surface area contributed by atoms with Gasteiger partial charge in [-0.05, 0) is 0 Å². The molecule has 0 aliphatic heterocycles. The fourth-order valence-electron chi connectivity index (χ4n) is 3.96. The molecule has 1 N–H and O–H groups in total. The summed E-state index contributed by atoms with van der Waals surface area (Å²) in [6.45, 7) is 9.82. The van der Waals surface area contributed by atoms with Crippen LogP contribution in [-0.4, -0.2) is 36.0 Å². The number of carbonyl (C=O) groups excluding carboxylic acids is 2. The fraction of sp³-hybridized carbons (Fsp3) is 0.417. The van der Waals surface area contributed by atoms with Gasteiger partial charge in [-0.25, -0.2) is 0 Å². The van der Waals surface area contributed by atoms with Crippen molar-refractivity contribution in [3.05, 3.63) is 65.0 Å². The van der Waals surface area contributed by atoms with Crippen LogP contribution in [0.25, 0.3) is 0 Å². The Bertz CT molecular complexity index is 858. The van der Waals surface area contributed by atoms with Gasteiger partial charge in [0.1, 0.15) is 0 Å². The van der Waals surface area contributed by atoms with Crippen LogP contribution in [0.2, 0.25) is 0 Å². The Morgan fingerprint density at radius 1 is 1.07 bits per heavy atom. The quantitative estimate of drug-likeness (QED) is 0.431. The van der Waals surface area contributed by atoms with Gasteiger partial charge in [0, 0.05) is 0 Å². The molecule has 2 aromatic rings. The SMILES string of the molecule is CC[PH](CC)(CC(=O)OCc1ccccc1)C(C)C(=O)Nc1c(C)cc(F)cc1C. The molecule has 0 aliphatic rings. The van der Waals surface area contributed by atoms with E-state index in [1.165, 1.54) is 12.1 Å². The van der Waals surface area contributed by atoms with Crippen molar-refractivity contribution < 1.29 is 18.7 Å². The summed E-state index contributed by atoms with van der Waals surface area (Å²) in [4.78, 5) is 25.7. The summed E-state index contributed by atoms with van der Waals surface area (Å²) >= 11 is 0. The molecule has 1 unspecified atom stereocenters. The number of anilines is 1. The van der Waals surface area contributed by atoms with Crippen molar-refractivity contribution in [2.75, 3.05) is 23.8 Å². The van der Waals surface area contributed by atoms with Crippen LogP contribution in [0.5, 0.6) is 0 Å². The standard InChI is InChI=1S/C24H33FNO3P/c1-6-30(7-2,16-22(27)29-15-20-11-9-8-10-12-20)19(5)24(28)26-23-17(3)13-21(25)14-18(23)4/h8-14,19,30H,6-7,15-16H2,1-5H3,(H,26,28). The second kappa shape index (κ2) is 10.7. The number of ether oxygens (including phenoxy) is 1. The van der Waals surface area contributed by atoms with E-state index in [4.69, 9.17) is 4.74 Å². The number of aryl methyl sites for hydroxylation is 2. The van der Waals surface area contributed by atoms with Gasteiger partial charge in [-0.1, -0.05) is 0 Å². The van der Waals surface area contributed by atoms with Gasteiger partial charge in [0.25, 0.3) is 0 Å². The van der Waals surface area contributed by atoms with E-state index in [0.29, 0.717) is 23.0 Å². The van der Waals surface area contributed by atoms with Gasteiger partial charge >= 0.3 is 179 Å². The Morgan fingerprint density at radius 2 is 1.63 bits per heavy atom. The van der Waals surface area contributed by atoms with Gasteiger partial charge in [0.15, 0.2) is 0 Å². The number of benzene rings is 2. The number of amides is 1. The zero-order valence-electron chi connectivity index (χ0n) is 18.5. The van der Waals surface area contributed by atoms with Crippen molar-refractivity contribution in [1.29, 1.82) is 0 Å². The molecule has 164 valence electrons. The Morgan fingerprint density at radius 3 is 2.17 bits per heavy atom. The van der Waals surface area contributed by atoms with E-state index in [1.807, 2.05) is 37.3 Å². The van der Waals surface area contributed by atoms with E-state index < -0.39 is 7.26 Å². The molecule has 2 aromatic carbocycles. The summed E-state index contributed by atoms with van der Waals surface area (Å²) < 4.78 is 19.1. The van der Waals surface area contributed by atoms with Crippen molar-refractivity contribution >= 4 is 24.8 Å². The number of nitrogens with one attached hydrogen (secondary N) is 1. The maximum absolute atomic E-state index is 13.6. The number of hydrogen-bond donors (Lipinski definition) is 1. The number of rotatable bonds is 9. The average Bonchev–Trinajstić information content (AvgIpc) is 2.73. The van der Waals surface area contributed by atoms with E-state index in [2.05, 4.69) is 19.2 Å². The first-order valence-electron chi connectivity index (χ1n) is 10.5. The predicted octanol–water partition coefficient (Wildman–Crippen LogP) is 5.30. The second-order valence-corrected chi connectivity index (χ2v) is 13.4. The van der Waals surface area contributed by atoms with Crippen LogP contribution in [0, 0.1) is 19.7 Å². The molecule has 6 heteroatoms. The first-order chi connectivity index (χ1) is 14.2. The number of esters is 1.